The van der Waals surface area contributed by atoms with Gasteiger partial charge in [0.15, 0.2) is 12.4 Å². The van der Waals surface area contributed by atoms with Gasteiger partial charge in [-0.3, -0.25) is 9.59 Å². The molecule has 0 N–H and O–H groups in total. The van der Waals surface area contributed by atoms with Gasteiger partial charge < -0.3 is 9.47 Å². The van der Waals surface area contributed by atoms with Crippen LogP contribution in [0.15, 0.2) is 18.2 Å². The van der Waals surface area contributed by atoms with Crippen LogP contribution in [0.25, 0.3) is 0 Å². The Balaban J connectivity index is 1.34. The molecule has 4 fully saturated rings. The monoisotopic (exact) mass is 356 g/mol. The van der Waals surface area contributed by atoms with Crippen LogP contribution in [0.1, 0.15) is 49.7 Å². The number of aryl methyl sites for hydroxylation is 1. The highest BCUT2D eigenvalue weighted by atomic mass is 16.5. The van der Waals surface area contributed by atoms with Gasteiger partial charge in [0.1, 0.15) is 5.75 Å². The summed E-state index contributed by atoms with van der Waals surface area (Å²) in [5, 5.41) is 0. The van der Waals surface area contributed by atoms with Crippen molar-refractivity contribution in [3.8, 4) is 5.75 Å². The standard InChI is InChI=1S/C22H28O4/c1-14-3-4-15(8-19(14)25-2)9-21(24)26-13-20(23)22-10-16-5-17(11-22)7-18(6-16)12-22/h3-4,8,16-18H,5-7,9-13H2,1-2H3. The van der Waals surface area contributed by atoms with Gasteiger partial charge in [-0.2, -0.15) is 0 Å². The van der Waals surface area contributed by atoms with Crippen molar-refractivity contribution >= 4 is 11.8 Å². The molecule has 0 spiro atoms. The predicted octanol–water partition coefficient (Wildman–Crippen LogP) is 3.87. The Kier molecular flexibility index (Phi) is 4.54. The van der Waals surface area contributed by atoms with E-state index in [2.05, 4.69) is 0 Å². The molecule has 5 rings (SSSR count). The van der Waals surface area contributed by atoms with E-state index >= 15 is 0 Å². The second-order valence-electron chi connectivity index (χ2n) is 8.76. The minimum Gasteiger partial charge on any atom is -0.496 e. The van der Waals surface area contributed by atoms with Crippen molar-refractivity contribution in [1.29, 1.82) is 0 Å². The minimum atomic E-state index is -0.339. The van der Waals surface area contributed by atoms with Crippen LogP contribution in [0.2, 0.25) is 0 Å². The zero-order valence-electron chi connectivity index (χ0n) is 15.8. The predicted molar refractivity (Wildman–Crippen MR) is 98.0 cm³/mol. The van der Waals surface area contributed by atoms with Crippen LogP contribution < -0.4 is 4.74 Å². The molecule has 26 heavy (non-hydrogen) atoms. The van der Waals surface area contributed by atoms with Gasteiger partial charge in [0.25, 0.3) is 0 Å². The Labute approximate surface area is 155 Å². The normalized spacial score (nSPS) is 31.7. The summed E-state index contributed by atoms with van der Waals surface area (Å²) in [7, 11) is 1.62. The number of carbonyl (C=O) groups excluding carboxylic acids is 2. The first-order valence-corrected chi connectivity index (χ1v) is 9.80. The lowest BCUT2D eigenvalue weighted by molar-refractivity contribution is -0.157. The molecule has 4 aliphatic rings. The van der Waals surface area contributed by atoms with Crippen LogP contribution in [-0.2, 0) is 20.7 Å². The van der Waals surface area contributed by atoms with Gasteiger partial charge in [0.2, 0.25) is 0 Å². The molecule has 1 aromatic rings. The van der Waals surface area contributed by atoms with Gasteiger partial charge >= 0.3 is 5.97 Å². The fourth-order valence-electron chi connectivity index (χ4n) is 5.94. The summed E-state index contributed by atoms with van der Waals surface area (Å²) >= 11 is 0. The number of benzene rings is 1. The van der Waals surface area contributed by atoms with Crippen LogP contribution in [-0.4, -0.2) is 25.5 Å². The maximum Gasteiger partial charge on any atom is 0.310 e. The maximum absolute atomic E-state index is 12.9. The summed E-state index contributed by atoms with van der Waals surface area (Å²) in [6.45, 7) is 1.90. The lowest BCUT2D eigenvalue weighted by Crippen LogP contribution is -2.51. The van der Waals surface area contributed by atoms with Crippen molar-refractivity contribution in [2.75, 3.05) is 13.7 Å². The van der Waals surface area contributed by atoms with Crippen molar-refractivity contribution in [3.05, 3.63) is 29.3 Å². The first kappa shape index (κ1) is 17.6. The molecule has 0 aliphatic heterocycles. The first-order chi connectivity index (χ1) is 12.5. The lowest BCUT2D eigenvalue weighted by Gasteiger charge is -2.55. The molecule has 0 heterocycles. The highest BCUT2D eigenvalue weighted by Crippen LogP contribution is 2.60. The molecule has 4 saturated carbocycles. The van der Waals surface area contributed by atoms with Crippen LogP contribution in [0.4, 0.5) is 0 Å². The van der Waals surface area contributed by atoms with E-state index in [1.54, 1.807) is 7.11 Å². The van der Waals surface area contributed by atoms with E-state index in [0.29, 0.717) is 0 Å². The molecule has 4 bridgehead atoms. The fraction of sp³-hybridized carbons (Fsp3) is 0.636. The van der Waals surface area contributed by atoms with Gasteiger partial charge in [-0.25, -0.2) is 0 Å². The van der Waals surface area contributed by atoms with Crippen LogP contribution in [0, 0.1) is 30.1 Å². The van der Waals surface area contributed by atoms with Gasteiger partial charge in [-0.15, -0.1) is 0 Å². The van der Waals surface area contributed by atoms with Crippen molar-refractivity contribution < 1.29 is 19.1 Å². The van der Waals surface area contributed by atoms with Gasteiger partial charge in [-0.05, 0) is 80.4 Å². The molecular weight excluding hydrogens is 328 g/mol. The van der Waals surface area contributed by atoms with E-state index in [1.165, 1.54) is 19.3 Å². The Morgan fingerprint density at radius 2 is 1.69 bits per heavy atom. The third kappa shape index (κ3) is 3.26. The average Bonchev–Trinajstić information content (AvgIpc) is 2.60. The van der Waals surface area contributed by atoms with E-state index in [-0.39, 0.29) is 30.2 Å². The highest BCUT2D eigenvalue weighted by molar-refractivity contribution is 5.88. The second kappa shape index (κ2) is 6.71. The molecule has 4 heteroatoms. The molecule has 140 valence electrons. The summed E-state index contributed by atoms with van der Waals surface area (Å²) in [4.78, 5) is 25.1. The molecular formula is C22H28O4. The van der Waals surface area contributed by atoms with Crippen LogP contribution >= 0.6 is 0 Å². The smallest absolute Gasteiger partial charge is 0.310 e. The van der Waals surface area contributed by atoms with Crippen molar-refractivity contribution in [2.45, 2.75) is 51.9 Å². The van der Waals surface area contributed by atoms with Gasteiger partial charge in [-0.1, -0.05) is 12.1 Å². The Bertz CT molecular complexity index is 686. The number of ketones is 1. The van der Waals surface area contributed by atoms with Gasteiger partial charge in [0.05, 0.1) is 13.5 Å². The number of ether oxygens (including phenoxy) is 2. The number of hydrogen-bond acceptors (Lipinski definition) is 4. The quantitative estimate of drug-likeness (QED) is 0.726. The highest BCUT2D eigenvalue weighted by Gasteiger charge is 2.54. The van der Waals surface area contributed by atoms with E-state index in [0.717, 1.165) is 53.9 Å². The summed E-state index contributed by atoms with van der Waals surface area (Å²) in [6, 6.07) is 5.69. The molecule has 0 radical (unpaired) electrons. The SMILES string of the molecule is COc1cc(CC(=O)OCC(=O)C23CC4CC(CC(C4)C2)C3)ccc1C. The van der Waals surface area contributed by atoms with Crippen molar-refractivity contribution in [1.82, 2.24) is 0 Å². The van der Waals surface area contributed by atoms with E-state index in [1.807, 2.05) is 25.1 Å². The summed E-state index contributed by atoms with van der Waals surface area (Å²) in [6.07, 6.45) is 7.15. The summed E-state index contributed by atoms with van der Waals surface area (Å²) in [5.74, 6) is 2.75. The van der Waals surface area contributed by atoms with E-state index in [9.17, 15) is 9.59 Å². The fourth-order valence-corrected chi connectivity index (χ4v) is 5.94. The molecule has 0 aromatic heterocycles. The van der Waals surface area contributed by atoms with E-state index in [4.69, 9.17) is 9.47 Å². The Hall–Kier alpha value is -1.84. The van der Waals surface area contributed by atoms with Gasteiger partial charge in [0, 0.05) is 5.41 Å². The third-order valence-electron chi connectivity index (χ3n) is 6.81. The first-order valence-electron chi connectivity index (χ1n) is 9.80. The largest absolute Gasteiger partial charge is 0.496 e. The number of rotatable bonds is 6. The number of hydrogen-bond donors (Lipinski definition) is 0. The van der Waals surface area contributed by atoms with Crippen LogP contribution in [0.5, 0.6) is 5.75 Å². The summed E-state index contributed by atoms with van der Waals surface area (Å²) in [5.41, 5.74) is 1.68. The Morgan fingerprint density at radius 3 is 2.27 bits per heavy atom. The average molecular weight is 356 g/mol. The molecule has 0 unspecified atom stereocenters. The van der Waals surface area contributed by atoms with E-state index < -0.39 is 0 Å². The zero-order valence-corrected chi connectivity index (χ0v) is 15.8. The number of methoxy groups -OCH3 is 1. The topological polar surface area (TPSA) is 52.6 Å². The minimum absolute atomic E-state index is 0.0615. The third-order valence-corrected chi connectivity index (χ3v) is 6.81. The lowest BCUT2D eigenvalue weighted by atomic mass is 9.48. The molecule has 0 amide bonds. The number of carbonyl (C=O) groups is 2. The number of esters is 1. The molecule has 0 saturated heterocycles. The zero-order chi connectivity index (χ0) is 18.3. The summed E-state index contributed by atoms with van der Waals surface area (Å²) < 4.78 is 10.7. The Morgan fingerprint density at radius 1 is 1.08 bits per heavy atom. The van der Waals surface area contributed by atoms with Crippen molar-refractivity contribution in [2.24, 2.45) is 23.2 Å². The molecule has 0 atom stereocenters. The molecule has 4 nitrogen and oxygen atoms in total. The second-order valence-corrected chi connectivity index (χ2v) is 8.76. The maximum atomic E-state index is 12.9. The van der Waals surface area contributed by atoms with Crippen molar-refractivity contribution in [3.63, 3.8) is 0 Å². The molecule has 4 aliphatic carbocycles. The number of Topliss-reactive ketones (excluding diaryl/α,β-unsaturated/α-hetero) is 1. The van der Waals surface area contributed by atoms with Crippen LogP contribution in [0.3, 0.4) is 0 Å². The molecule has 1 aromatic carbocycles.